The van der Waals surface area contributed by atoms with Gasteiger partial charge in [0.2, 0.25) is 5.24 Å². The number of anilines is 1. The second-order valence-electron chi connectivity index (χ2n) is 5.80. The van der Waals surface area contributed by atoms with Gasteiger partial charge in [0.25, 0.3) is 0 Å². The van der Waals surface area contributed by atoms with Gasteiger partial charge < -0.3 is 4.90 Å². The summed E-state index contributed by atoms with van der Waals surface area (Å²) in [7, 11) is 0. The fourth-order valence-corrected chi connectivity index (χ4v) is 3.32. The summed E-state index contributed by atoms with van der Waals surface area (Å²) < 4.78 is 0. The lowest BCUT2D eigenvalue weighted by Crippen LogP contribution is -2.42. The zero-order valence-corrected chi connectivity index (χ0v) is 13.4. The summed E-state index contributed by atoms with van der Waals surface area (Å²) in [6.45, 7) is 3.96. The Kier molecular flexibility index (Phi) is 3.79. The third-order valence-electron chi connectivity index (χ3n) is 4.63. The molecule has 2 aromatic carbocycles. The van der Waals surface area contributed by atoms with Crippen LogP contribution in [0.15, 0.2) is 60.8 Å². The van der Waals surface area contributed by atoms with Crippen molar-refractivity contribution in [2.24, 2.45) is 0 Å². The number of para-hydroxylation sites is 1. The molecule has 1 heterocycles. The average Bonchev–Trinajstić information content (AvgIpc) is 2.76. The van der Waals surface area contributed by atoms with Crippen LogP contribution in [0.1, 0.15) is 25.0 Å². The minimum absolute atomic E-state index is 0.0325. The van der Waals surface area contributed by atoms with E-state index in [1.165, 1.54) is 0 Å². The summed E-state index contributed by atoms with van der Waals surface area (Å²) in [5.41, 5.74) is 2.45. The maximum atomic E-state index is 12.1. The van der Waals surface area contributed by atoms with Crippen molar-refractivity contribution in [2.75, 3.05) is 4.90 Å². The van der Waals surface area contributed by atoms with Gasteiger partial charge in [-0.05, 0) is 48.7 Å². The Labute approximate surface area is 136 Å². The summed E-state index contributed by atoms with van der Waals surface area (Å²) >= 11 is 5.94. The molecule has 0 fully saturated rings. The predicted molar refractivity (Wildman–Crippen MR) is 92.1 cm³/mol. The summed E-state index contributed by atoms with van der Waals surface area (Å²) in [6.07, 6.45) is 4.08. The number of nitrogens with zero attached hydrogens (tertiary/aromatic N) is 1. The molecule has 1 aliphatic rings. The number of hydrogen-bond acceptors (Lipinski definition) is 2. The first-order valence-electron chi connectivity index (χ1n) is 7.36. The van der Waals surface area contributed by atoms with E-state index in [-0.39, 0.29) is 11.3 Å². The Hall–Kier alpha value is -2.06. The standard InChI is InChI=1S/C19H18ClNO/c1-14-19(2,18(20)22)16-10-6-7-11-17(16)21(14)13-12-15-8-4-3-5-9-15/h3-14H,1-2H3. The highest BCUT2D eigenvalue weighted by Crippen LogP contribution is 2.46. The Morgan fingerprint density at radius 1 is 1.14 bits per heavy atom. The molecule has 112 valence electrons. The maximum Gasteiger partial charge on any atom is 0.234 e. The number of hydrogen-bond donors (Lipinski definition) is 0. The Bertz CT molecular complexity index is 725. The molecule has 2 unspecified atom stereocenters. The second-order valence-corrected chi connectivity index (χ2v) is 6.15. The minimum Gasteiger partial charge on any atom is -0.344 e. The second kappa shape index (κ2) is 5.62. The van der Waals surface area contributed by atoms with Gasteiger partial charge >= 0.3 is 0 Å². The van der Waals surface area contributed by atoms with Crippen LogP contribution in [-0.2, 0) is 10.2 Å². The van der Waals surface area contributed by atoms with Crippen LogP contribution >= 0.6 is 11.6 Å². The van der Waals surface area contributed by atoms with Gasteiger partial charge in [-0.3, -0.25) is 4.79 Å². The molecule has 1 aliphatic heterocycles. The van der Waals surface area contributed by atoms with Gasteiger partial charge in [-0.2, -0.15) is 0 Å². The largest absolute Gasteiger partial charge is 0.344 e. The van der Waals surface area contributed by atoms with E-state index in [4.69, 9.17) is 11.6 Å². The molecule has 2 nitrogen and oxygen atoms in total. The van der Waals surface area contributed by atoms with Crippen molar-refractivity contribution in [3.8, 4) is 0 Å². The number of carbonyl (C=O) groups excluding carboxylic acids is 1. The summed E-state index contributed by atoms with van der Waals surface area (Å²) in [5, 5.41) is -0.317. The van der Waals surface area contributed by atoms with Crippen LogP contribution in [0.2, 0.25) is 0 Å². The smallest absolute Gasteiger partial charge is 0.234 e. The molecule has 22 heavy (non-hydrogen) atoms. The van der Waals surface area contributed by atoms with Crippen molar-refractivity contribution in [3.63, 3.8) is 0 Å². The van der Waals surface area contributed by atoms with Gasteiger partial charge in [0.15, 0.2) is 0 Å². The van der Waals surface area contributed by atoms with Gasteiger partial charge in [0, 0.05) is 17.9 Å². The average molecular weight is 312 g/mol. The molecule has 0 bridgehead atoms. The van der Waals surface area contributed by atoms with Crippen LogP contribution in [0.5, 0.6) is 0 Å². The molecular formula is C19H18ClNO. The predicted octanol–water partition coefficient (Wildman–Crippen LogP) is 4.59. The maximum absolute atomic E-state index is 12.1. The zero-order chi connectivity index (χ0) is 15.7. The van der Waals surface area contributed by atoms with Crippen molar-refractivity contribution in [2.45, 2.75) is 25.3 Å². The van der Waals surface area contributed by atoms with Crippen LogP contribution in [0, 0.1) is 0 Å². The zero-order valence-electron chi connectivity index (χ0n) is 12.7. The first kappa shape index (κ1) is 14.9. The minimum atomic E-state index is -0.695. The SMILES string of the molecule is CC1N(C=Cc2ccccc2)c2ccccc2C1(C)C(=O)Cl. The van der Waals surface area contributed by atoms with Crippen LogP contribution in [0.4, 0.5) is 5.69 Å². The van der Waals surface area contributed by atoms with Crippen molar-refractivity contribution < 1.29 is 4.79 Å². The van der Waals surface area contributed by atoms with E-state index in [0.717, 1.165) is 16.8 Å². The summed E-state index contributed by atoms with van der Waals surface area (Å²) in [5.74, 6) is 0. The summed E-state index contributed by atoms with van der Waals surface area (Å²) in [4.78, 5) is 14.2. The molecule has 0 aromatic heterocycles. The van der Waals surface area contributed by atoms with Gasteiger partial charge in [-0.25, -0.2) is 0 Å². The van der Waals surface area contributed by atoms with Crippen molar-refractivity contribution in [1.82, 2.24) is 0 Å². The monoisotopic (exact) mass is 311 g/mol. The molecule has 3 heteroatoms. The third kappa shape index (κ3) is 2.24. The van der Waals surface area contributed by atoms with E-state index in [1.54, 1.807) is 0 Å². The van der Waals surface area contributed by atoms with E-state index in [2.05, 4.69) is 23.1 Å². The molecule has 0 N–H and O–H groups in total. The highest BCUT2D eigenvalue weighted by molar-refractivity contribution is 6.65. The van der Waals surface area contributed by atoms with Crippen LogP contribution in [0.3, 0.4) is 0 Å². The fourth-order valence-electron chi connectivity index (χ4n) is 3.06. The molecule has 0 radical (unpaired) electrons. The lowest BCUT2D eigenvalue weighted by molar-refractivity contribution is -0.116. The van der Waals surface area contributed by atoms with E-state index in [1.807, 2.05) is 62.5 Å². The number of fused-ring (bicyclic) bond motifs is 1. The normalized spacial score (nSPS) is 23.8. The van der Waals surface area contributed by atoms with Crippen molar-refractivity contribution in [1.29, 1.82) is 0 Å². The Morgan fingerprint density at radius 2 is 1.77 bits per heavy atom. The molecule has 2 atom stereocenters. The van der Waals surface area contributed by atoms with Crippen LogP contribution in [0.25, 0.3) is 6.08 Å². The van der Waals surface area contributed by atoms with E-state index >= 15 is 0 Å². The van der Waals surface area contributed by atoms with Gasteiger partial charge in [0.05, 0.1) is 5.41 Å². The number of carbonyl (C=O) groups is 1. The fraction of sp³-hybridized carbons (Fsp3) is 0.211. The van der Waals surface area contributed by atoms with Crippen molar-refractivity contribution >= 4 is 28.6 Å². The van der Waals surface area contributed by atoms with Gasteiger partial charge in [-0.1, -0.05) is 48.5 Å². The molecule has 0 saturated heterocycles. The molecule has 0 amide bonds. The van der Waals surface area contributed by atoms with Crippen LogP contribution in [-0.4, -0.2) is 11.3 Å². The van der Waals surface area contributed by atoms with Crippen LogP contribution < -0.4 is 4.90 Å². The van der Waals surface area contributed by atoms with E-state index in [0.29, 0.717) is 0 Å². The first-order valence-corrected chi connectivity index (χ1v) is 7.74. The highest BCUT2D eigenvalue weighted by Gasteiger charge is 2.49. The highest BCUT2D eigenvalue weighted by atomic mass is 35.5. The topological polar surface area (TPSA) is 20.3 Å². The Balaban J connectivity index is 2.03. The number of halogens is 1. The molecule has 0 saturated carbocycles. The quantitative estimate of drug-likeness (QED) is 0.773. The molecule has 0 spiro atoms. The third-order valence-corrected chi connectivity index (χ3v) is 5.02. The molecule has 0 aliphatic carbocycles. The van der Waals surface area contributed by atoms with E-state index in [9.17, 15) is 4.79 Å². The summed E-state index contributed by atoms with van der Waals surface area (Å²) in [6, 6.07) is 18.0. The lowest BCUT2D eigenvalue weighted by Gasteiger charge is -2.29. The van der Waals surface area contributed by atoms with Gasteiger partial charge in [-0.15, -0.1) is 0 Å². The molecular weight excluding hydrogens is 294 g/mol. The van der Waals surface area contributed by atoms with Gasteiger partial charge in [0.1, 0.15) is 0 Å². The van der Waals surface area contributed by atoms with Crippen molar-refractivity contribution in [3.05, 3.63) is 71.9 Å². The molecule has 2 aromatic rings. The number of rotatable bonds is 3. The molecule has 3 rings (SSSR count). The van der Waals surface area contributed by atoms with E-state index < -0.39 is 5.41 Å². The lowest BCUT2D eigenvalue weighted by atomic mass is 9.80. The number of benzene rings is 2. The first-order chi connectivity index (χ1) is 10.5. The Morgan fingerprint density at radius 3 is 2.45 bits per heavy atom.